The number of piperidine rings is 1. The molecule has 0 atom stereocenters. The fourth-order valence-corrected chi connectivity index (χ4v) is 3.99. The number of fused-ring (bicyclic) bond motifs is 1. The van der Waals surface area contributed by atoms with Crippen molar-refractivity contribution < 1.29 is 22.6 Å². The Balaban J connectivity index is 1.58. The Morgan fingerprint density at radius 3 is 2.58 bits per heavy atom. The topological polar surface area (TPSA) is 59.5 Å². The van der Waals surface area contributed by atoms with Crippen molar-refractivity contribution in [2.24, 2.45) is 0 Å². The van der Waals surface area contributed by atoms with Crippen LogP contribution in [0.2, 0.25) is 5.02 Å². The molecule has 1 fully saturated rings. The lowest BCUT2D eigenvalue weighted by molar-refractivity contribution is -0.137. The quantitative estimate of drug-likeness (QED) is 0.453. The summed E-state index contributed by atoms with van der Waals surface area (Å²) < 4.78 is 50.8. The summed E-state index contributed by atoms with van der Waals surface area (Å²) in [6.45, 7) is 3.50. The second kappa shape index (κ2) is 10.0. The van der Waals surface area contributed by atoms with Crippen molar-refractivity contribution in [2.45, 2.75) is 25.4 Å². The van der Waals surface area contributed by atoms with Crippen molar-refractivity contribution in [3.05, 3.63) is 47.2 Å². The minimum atomic E-state index is -4.49. The minimum Gasteiger partial charge on any atom is -0.493 e. The number of halogens is 4. The lowest BCUT2D eigenvalue weighted by Crippen LogP contribution is -2.33. The first-order chi connectivity index (χ1) is 15.8. The molecular formula is C23H24ClF3N4O2. The van der Waals surface area contributed by atoms with Crippen molar-refractivity contribution in [1.82, 2.24) is 14.9 Å². The molecule has 4 rings (SSSR count). The number of aromatic nitrogens is 2. The number of methoxy groups -OCH3 is 1. The monoisotopic (exact) mass is 480 g/mol. The van der Waals surface area contributed by atoms with Gasteiger partial charge in [0, 0.05) is 18.0 Å². The fourth-order valence-electron chi connectivity index (χ4n) is 3.83. The van der Waals surface area contributed by atoms with Crippen molar-refractivity contribution in [1.29, 1.82) is 0 Å². The van der Waals surface area contributed by atoms with Crippen LogP contribution in [0.1, 0.15) is 24.8 Å². The second-order valence-corrected chi connectivity index (χ2v) is 8.22. The highest BCUT2D eigenvalue weighted by molar-refractivity contribution is 6.33. The summed E-state index contributed by atoms with van der Waals surface area (Å²) in [5, 5.41) is 3.60. The molecule has 2 aromatic carbocycles. The maximum absolute atomic E-state index is 13.1. The summed E-state index contributed by atoms with van der Waals surface area (Å²) in [7, 11) is 1.53. The van der Waals surface area contributed by atoms with Crippen LogP contribution in [0.25, 0.3) is 10.9 Å². The molecular weight excluding hydrogens is 457 g/mol. The van der Waals surface area contributed by atoms with Crippen LogP contribution in [0.5, 0.6) is 11.5 Å². The summed E-state index contributed by atoms with van der Waals surface area (Å²) in [5.74, 6) is 1.33. The Kier molecular flexibility index (Phi) is 7.09. The first-order valence-corrected chi connectivity index (χ1v) is 11.0. The summed E-state index contributed by atoms with van der Waals surface area (Å²) in [6, 6.07) is 6.53. The molecule has 1 saturated heterocycles. The Morgan fingerprint density at radius 1 is 1.06 bits per heavy atom. The minimum absolute atomic E-state index is 0.0901. The standard InChI is InChI=1S/C23H24ClF3N4O2/c1-32-20-12-16-18(13-21(20)33-10-9-31-7-3-2-4-8-31)28-14-29-22(16)30-19-11-15(23(25,26)27)5-6-17(19)24/h5-6,11-14H,2-4,7-10H2,1H3,(H,28,29,30). The molecule has 176 valence electrons. The van der Waals surface area contributed by atoms with Crippen LogP contribution in [0.3, 0.4) is 0 Å². The molecule has 0 radical (unpaired) electrons. The number of hydrogen-bond donors (Lipinski definition) is 1. The molecule has 1 aromatic heterocycles. The van der Waals surface area contributed by atoms with Gasteiger partial charge in [-0.05, 0) is 50.2 Å². The second-order valence-electron chi connectivity index (χ2n) is 7.81. The van der Waals surface area contributed by atoms with Gasteiger partial charge < -0.3 is 14.8 Å². The fraction of sp³-hybridized carbons (Fsp3) is 0.391. The maximum atomic E-state index is 13.1. The van der Waals surface area contributed by atoms with Crippen LogP contribution in [-0.4, -0.2) is 48.2 Å². The molecule has 0 bridgehead atoms. The van der Waals surface area contributed by atoms with Crippen LogP contribution < -0.4 is 14.8 Å². The number of rotatable bonds is 7. The van der Waals surface area contributed by atoms with E-state index in [1.165, 1.54) is 38.8 Å². The number of nitrogens with zero attached hydrogens (tertiary/aromatic N) is 3. The Bertz CT molecular complexity index is 1120. The number of anilines is 2. The van der Waals surface area contributed by atoms with E-state index in [-0.39, 0.29) is 10.7 Å². The number of nitrogens with one attached hydrogen (secondary N) is 1. The number of hydrogen-bond acceptors (Lipinski definition) is 6. The molecule has 33 heavy (non-hydrogen) atoms. The van der Waals surface area contributed by atoms with Gasteiger partial charge in [0.05, 0.1) is 28.9 Å². The predicted octanol–water partition coefficient (Wildman–Crippen LogP) is 5.92. The molecule has 0 saturated carbocycles. The largest absolute Gasteiger partial charge is 0.493 e. The van der Waals surface area contributed by atoms with Gasteiger partial charge in [0.2, 0.25) is 0 Å². The summed E-state index contributed by atoms with van der Waals surface area (Å²) in [4.78, 5) is 10.9. The molecule has 0 unspecified atom stereocenters. The summed E-state index contributed by atoms with van der Waals surface area (Å²) in [5.41, 5.74) is -0.161. The molecule has 6 nitrogen and oxygen atoms in total. The van der Waals surface area contributed by atoms with E-state index in [9.17, 15) is 13.2 Å². The van der Waals surface area contributed by atoms with Crippen LogP contribution >= 0.6 is 11.6 Å². The van der Waals surface area contributed by atoms with Crippen molar-refractivity contribution >= 4 is 34.0 Å². The molecule has 0 amide bonds. The highest BCUT2D eigenvalue weighted by atomic mass is 35.5. The third-order valence-electron chi connectivity index (χ3n) is 5.58. The number of benzene rings is 2. The van der Waals surface area contributed by atoms with Crippen molar-refractivity contribution in [2.75, 3.05) is 38.7 Å². The Morgan fingerprint density at radius 2 is 1.85 bits per heavy atom. The van der Waals surface area contributed by atoms with E-state index in [2.05, 4.69) is 20.2 Å². The zero-order valence-electron chi connectivity index (χ0n) is 18.1. The first-order valence-electron chi connectivity index (χ1n) is 10.7. The third kappa shape index (κ3) is 5.59. The van der Waals surface area contributed by atoms with Gasteiger partial charge in [-0.2, -0.15) is 13.2 Å². The number of likely N-dealkylation sites (tertiary alicyclic amines) is 1. The Labute approximate surface area is 194 Å². The molecule has 0 aliphatic carbocycles. The Hall–Kier alpha value is -2.78. The number of ether oxygens (including phenoxy) is 2. The average molecular weight is 481 g/mol. The smallest absolute Gasteiger partial charge is 0.416 e. The van der Waals surface area contributed by atoms with Crippen LogP contribution in [-0.2, 0) is 6.18 Å². The lowest BCUT2D eigenvalue weighted by Gasteiger charge is -2.26. The van der Waals surface area contributed by atoms with Crippen LogP contribution in [0.15, 0.2) is 36.7 Å². The van der Waals surface area contributed by atoms with E-state index < -0.39 is 11.7 Å². The molecule has 1 aliphatic heterocycles. The van der Waals surface area contributed by atoms with E-state index in [0.717, 1.165) is 31.8 Å². The summed E-state index contributed by atoms with van der Waals surface area (Å²) in [6.07, 6.45) is 0.538. The van der Waals surface area contributed by atoms with E-state index in [1.807, 2.05) is 0 Å². The van der Waals surface area contributed by atoms with E-state index in [4.69, 9.17) is 21.1 Å². The summed E-state index contributed by atoms with van der Waals surface area (Å²) >= 11 is 6.13. The first kappa shape index (κ1) is 23.4. The number of alkyl halides is 3. The van der Waals surface area contributed by atoms with Gasteiger partial charge in [0.25, 0.3) is 0 Å². The van der Waals surface area contributed by atoms with Gasteiger partial charge in [0.1, 0.15) is 18.8 Å². The molecule has 10 heteroatoms. The van der Waals surface area contributed by atoms with Crippen molar-refractivity contribution in [3.63, 3.8) is 0 Å². The zero-order valence-corrected chi connectivity index (χ0v) is 18.8. The predicted molar refractivity (Wildman–Crippen MR) is 122 cm³/mol. The van der Waals surface area contributed by atoms with Gasteiger partial charge in [-0.15, -0.1) is 0 Å². The molecule has 1 N–H and O–H groups in total. The normalized spacial score (nSPS) is 14.9. The van der Waals surface area contributed by atoms with Crippen LogP contribution in [0.4, 0.5) is 24.7 Å². The third-order valence-corrected chi connectivity index (χ3v) is 5.91. The van der Waals surface area contributed by atoms with Gasteiger partial charge in [-0.1, -0.05) is 18.0 Å². The highest BCUT2D eigenvalue weighted by Crippen LogP contribution is 2.38. The molecule has 1 aliphatic rings. The SMILES string of the molecule is COc1cc2c(Nc3cc(C(F)(F)F)ccc3Cl)ncnc2cc1OCCN1CCCCC1. The molecule has 2 heterocycles. The van der Waals surface area contributed by atoms with Gasteiger partial charge in [-0.25, -0.2) is 9.97 Å². The van der Waals surface area contributed by atoms with Gasteiger partial charge in [0.15, 0.2) is 11.5 Å². The lowest BCUT2D eigenvalue weighted by atomic mass is 10.1. The maximum Gasteiger partial charge on any atom is 0.416 e. The average Bonchev–Trinajstić information content (AvgIpc) is 2.80. The van der Waals surface area contributed by atoms with E-state index >= 15 is 0 Å². The molecule has 0 spiro atoms. The van der Waals surface area contributed by atoms with Gasteiger partial charge in [-0.3, -0.25) is 4.90 Å². The molecule has 3 aromatic rings. The highest BCUT2D eigenvalue weighted by Gasteiger charge is 2.31. The van der Waals surface area contributed by atoms with Crippen molar-refractivity contribution in [3.8, 4) is 11.5 Å². The zero-order chi connectivity index (χ0) is 23.4. The van der Waals surface area contributed by atoms with E-state index in [0.29, 0.717) is 34.8 Å². The van der Waals surface area contributed by atoms with Gasteiger partial charge >= 0.3 is 6.18 Å². The van der Waals surface area contributed by atoms with E-state index in [1.54, 1.807) is 12.1 Å². The van der Waals surface area contributed by atoms with Crippen LogP contribution in [0, 0.1) is 0 Å².